The fourth-order valence-electron chi connectivity index (χ4n) is 1.38. The largest absolute Gasteiger partial charge is 0.392 e. The van der Waals surface area contributed by atoms with Crippen LogP contribution >= 0.6 is 12.2 Å². The van der Waals surface area contributed by atoms with Crippen LogP contribution in [0.1, 0.15) is 6.92 Å². The summed E-state index contributed by atoms with van der Waals surface area (Å²) >= 11 is 4.67. The summed E-state index contributed by atoms with van der Waals surface area (Å²) in [7, 11) is -3.67. The van der Waals surface area contributed by atoms with Crippen LogP contribution < -0.4 is 10.5 Å². The van der Waals surface area contributed by atoms with E-state index in [1.165, 1.54) is 6.92 Å². The lowest BCUT2D eigenvalue weighted by molar-refractivity contribution is 0.598. The number of benzene rings is 1. The molecule has 18 heavy (non-hydrogen) atoms. The quantitative estimate of drug-likeness (QED) is 0.727. The Morgan fingerprint density at radius 2 is 2.17 bits per heavy atom. The first-order valence-electron chi connectivity index (χ1n) is 5.16. The van der Waals surface area contributed by atoms with E-state index in [1.807, 2.05) is 12.1 Å². The molecule has 8 heteroatoms. The summed E-state index contributed by atoms with van der Waals surface area (Å²) in [5.74, 6) is 0.152. The smallest absolute Gasteiger partial charge is 0.244 e. The highest BCUT2D eigenvalue weighted by molar-refractivity contribution is 7.95. The van der Waals surface area contributed by atoms with Crippen molar-refractivity contribution in [3.63, 3.8) is 0 Å². The average molecular weight is 284 g/mol. The molecule has 6 nitrogen and oxygen atoms in total. The molecule has 1 aromatic heterocycles. The molecule has 0 spiro atoms. The number of H-pyrrole nitrogens is 1. The van der Waals surface area contributed by atoms with E-state index in [9.17, 15) is 8.42 Å². The van der Waals surface area contributed by atoms with Gasteiger partial charge in [-0.3, -0.25) is 4.72 Å². The van der Waals surface area contributed by atoms with Gasteiger partial charge < -0.3 is 10.7 Å². The molecule has 4 N–H and O–H groups in total. The highest BCUT2D eigenvalue weighted by atomic mass is 32.2. The Morgan fingerprint density at radius 1 is 1.50 bits per heavy atom. The van der Waals surface area contributed by atoms with Gasteiger partial charge in [0, 0.05) is 0 Å². The van der Waals surface area contributed by atoms with Crippen molar-refractivity contribution in [2.75, 3.05) is 4.72 Å². The highest BCUT2D eigenvalue weighted by Gasteiger charge is 2.24. The molecule has 96 valence electrons. The second kappa shape index (κ2) is 4.54. The van der Waals surface area contributed by atoms with Crippen molar-refractivity contribution in [1.29, 1.82) is 0 Å². The summed E-state index contributed by atoms with van der Waals surface area (Å²) in [4.78, 5) is 6.89. The molecule has 1 atom stereocenters. The van der Waals surface area contributed by atoms with Gasteiger partial charge in [-0.15, -0.1) is 0 Å². The maximum atomic E-state index is 11.9. The molecule has 0 aliphatic rings. The van der Waals surface area contributed by atoms with E-state index in [-0.39, 0.29) is 10.9 Å². The number of rotatable bonds is 4. The van der Waals surface area contributed by atoms with Crippen LogP contribution in [0.4, 0.5) is 5.95 Å². The van der Waals surface area contributed by atoms with Crippen molar-refractivity contribution in [3.05, 3.63) is 24.3 Å². The molecule has 0 saturated heterocycles. The number of nitrogens with zero attached hydrogens (tertiary/aromatic N) is 1. The number of anilines is 1. The molecule has 0 fully saturated rings. The number of nitrogens with one attached hydrogen (secondary N) is 2. The third kappa shape index (κ3) is 2.44. The van der Waals surface area contributed by atoms with Crippen LogP contribution in [0.15, 0.2) is 24.3 Å². The van der Waals surface area contributed by atoms with Crippen molar-refractivity contribution in [2.45, 2.75) is 12.2 Å². The maximum Gasteiger partial charge on any atom is 0.244 e. The number of hydrogen-bond acceptors (Lipinski definition) is 4. The molecular weight excluding hydrogens is 272 g/mol. The minimum atomic E-state index is -3.67. The van der Waals surface area contributed by atoms with Crippen molar-refractivity contribution >= 4 is 44.2 Å². The number of imidazole rings is 1. The Hall–Kier alpha value is -1.67. The molecule has 0 amide bonds. The lowest BCUT2D eigenvalue weighted by atomic mass is 10.3. The molecule has 2 aromatic rings. The van der Waals surface area contributed by atoms with Crippen LogP contribution in [0.5, 0.6) is 0 Å². The first kappa shape index (κ1) is 12.8. The SMILES string of the molecule is CC(C(N)=S)S(=O)(=O)Nc1nc2ccccc2[nH]1. The van der Waals surface area contributed by atoms with Gasteiger partial charge in [0.15, 0.2) is 0 Å². The van der Waals surface area contributed by atoms with Gasteiger partial charge in [-0.05, 0) is 19.1 Å². The molecule has 0 saturated carbocycles. The van der Waals surface area contributed by atoms with E-state index in [1.54, 1.807) is 12.1 Å². The Morgan fingerprint density at radius 3 is 2.78 bits per heavy atom. The third-order valence-electron chi connectivity index (χ3n) is 2.49. The summed E-state index contributed by atoms with van der Waals surface area (Å²) in [6.45, 7) is 1.42. The van der Waals surface area contributed by atoms with Gasteiger partial charge >= 0.3 is 0 Å². The molecular formula is C10H12N4O2S2. The van der Waals surface area contributed by atoms with Crippen molar-refractivity contribution in [3.8, 4) is 0 Å². The van der Waals surface area contributed by atoms with E-state index in [0.29, 0.717) is 5.52 Å². The Labute approximate surface area is 110 Å². The number of aromatic nitrogens is 2. The van der Waals surface area contributed by atoms with Gasteiger partial charge in [-0.25, -0.2) is 13.4 Å². The summed E-state index contributed by atoms with van der Waals surface area (Å²) in [6.07, 6.45) is 0. The zero-order valence-corrected chi connectivity index (χ0v) is 11.2. The molecule has 0 radical (unpaired) electrons. The zero-order valence-electron chi connectivity index (χ0n) is 9.54. The minimum absolute atomic E-state index is 0.0846. The Balaban J connectivity index is 2.31. The number of para-hydroxylation sites is 2. The van der Waals surface area contributed by atoms with Crippen molar-refractivity contribution < 1.29 is 8.42 Å². The highest BCUT2D eigenvalue weighted by Crippen LogP contribution is 2.15. The van der Waals surface area contributed by atoms with Crippen molar-refractivity contribution in [1.82, 2.24) is 9.97 Å². The average Bonchev–Trinajstić information content (AvgIpc) is 2.68. The lowest BCUT2D eigenvalue weighted by Gasteiger charge is -2.11. The molecule has 1 unspecified atom stereocenters. The molecule has 2 rings (SSSR count). The van der Waals surface area contributed by atoms with E-state index < -0.39 is 15.3 Å². The van der Waals surface area contributed by atoms with Crippen LogP contribution in [0.3, 0.4) is 0 Å². The molecule has 0 bridgehead atoms. The van der Waals surface area contributed by atoms with Crippen LogP contribution in [0, 0.1) is 0 Å². The number of hydrogen-bond donors (Lipinski definition) is 3. The van der Waals surface area contributed by atoms with E-state index in [0.717, 1.165) is 5.52 Å². The lowest BCUT2D eigenvalue weighted by Crippen LogP contribution is -2.35. The predicted octanol–water partition coefficient (Wildman–Crippen LogP) is 0.979. The standard InChI is InChI=1S/C10H12N4O2S2/c1-6(9(11)17)18(15,16)14-10-12-7-4-2-3-5-8(7)13-10/h2-6H,1H3,(H2,11,17)(H2,12,13,14). The number of sulfonamides is 1. The van der Waals surface area contributed by atoms with E-state index in [2.05, 4.69) is 26.9 Å². The second-order valence-corrected chi connectivity index (χ2v) is 6.27. The van der Waals surface area contributed by atoms with Gasteiger partial charge in [0.05, 0.1) is 16.0 Å². The number of aromatic amines is 1. The zero-order chi connectivity index (χ0) is 13.3. The van der Waals surface area contributed by atoms with Crippen LogP contribution in [-0.4, -0.2) is 28.6 Å². The fraction of sp³-hybridized carbons (Fsp3) is 0.200. The van der Waals surface area contributed by atoms with Gasteiger partial charge in [-0.2, -0.15) is 0 Å². The van der Waals surface area contributed by atoms with Gasteiger partial charge in [0.1, 0.15) is 5.25 Å². The van der Waals surface area contributed by atoms with Gasteiger partial charge in [0.25, 0.3) is 0 Å². The topological polar surface area (TPSA) is 101 Å². The fourth-order valence-corrected chi connectivity index (χ4v) is 2.61. The monoisotopic (exact) mass is 284 g/mol. The maximum absolute atomic E-state index is 11.9. The molecule has 0 aliphatic carbocycles. The van der Waals surface area contributed by atoms with Gasteiger partial charge in [0.2, 0.25) is 16.0 Å². The number of nitrogens with two attached hydrogens (primary N) is 1. The molecule has 0 aliphatic heterocycles. The van der Waals surface area contributed by atoms with Crippen LogP contribution in [0.25, 0.3) is 11.0 Å². The van der Waals surface area contributed by atoms with Crippen molar-refractivity contribution in [2.24, 2.45) is 5.73 Å². The van der Waals surface area contributed by atoms with E-state index >= 15 is 0 Å². The Kier molecular flexibility index (Phi) is 3.22. The van der Waals surface area contributed by atoms with Crippen LogP contribution in [-0.2, 0) is 10.0 Å². The van der Waals surface area contributed by atoms with Gasteiger partial charge in [-0.1, -0.05) is 24.4 Å². The molecule has 1 heterocycles. The predicted molar refractivity (Wildman–Crippen MR) is 74.9 cm³/mol. The Bertz CT molecular complexity index is 660. The second-order valence-electron chi connectivity index (χ2n) is 3.79. The summed E-state index contributed by atoms with van der Waals surface area (Å²) < 4.78 is 26.1. The van der Waals surface area contributed by atoms with E-state index in [4.69, 9.17) is 5.73 Å². The first-order chi connectivity index (χ1) is 8.40. The summed E-state index contributed by atoms with van der Waals surface area (Å²) in [5, 5.41) is -0.958. The first-order valence-corrected chi connectivity index (χ1v) is 7.11. The number of thiocarbonyl (C=S) groups is 1. The minimum Gasteiger partial charge on any atom is -0.392 e. The normalized spacial score (nSPS) is 13.4. The molecule has 1 aromatic carbocycles. The summed E-state index contributed by atoms with van der Waals surface area (Å²) in [6, 6.07) is 7.23. The van der Waals surface area contributed by atoms with Crippen LogP contribution in [0.2, 0.25) is 0 Å². The third-order valence-corrected chi connectivity index (χ3v) is 4.66. The summed E-state index contributed by atoms with van der Waals surface area (Å²) in [5.41, 5.74) is 6.76. The number of fused-ring (bicyclic) bond motifs is 1.